The number of benzene rings is 2. The van der Waals surface area contributed by atoms with E-state index in [4.69, 9.17) is 11.6 Å². The van der Waals surface area contributed by atoms with Crippen LogP contribution < -0.4 is 5.32 Å². The number of phenols is 1. The summed E-state index contributed by atoms with van der Waals surface area (Å²) in [6.45, 7) is 0.951. The molecule has 3 heteroatoms. The van der Waals surface area contributed by atoms with Gasteiger partial charge in [0.05, 0.1) is 0 Å². The van der Waals surface area contributed by atoms with Crippen molar-refractivity contribution in [1.82, 2.24) is 5.32 Å². The molecule has 2 aromatic carbocycles. The molecular weight excluding hydrogens is 270 g/mol. The van der Waals surface area contributed by atoms with Crippen LogP contribution in [0.5, 0.6) is 5.75 Å². The monoisotopic (exact) mass is 287 g/mol. The maximum atomic E-state index is 9.50. The van der Waals surface area contributed by atoms with Gasteiger partial charge in [-0.25, -0.2) is 0 Å². The standard InChI is InChI=1S/C17H18ClNO/c18-14-4-1-12(2-5-14)9-10-19-17-8-3-13-11-15(20)6-7-16(13)17/h1-2,4-7,11,17,19-20H,3,8-10H2. The molecule has 0 heterocycles. The molecule has 0 spiro atoms. The number of aryl methyl sites for hydroxylation is 1. The largest absolute Gasteiger partial charge is 0.508 e. The van der Waals surface area contributed by atoms with Gasteiger partial charge in [0.2, 0.25) is 0 Å². The molecule has 20 heavy (non-hydrogen) atoms. The smallest absolute Gasteiger partial charge is 0.115 e. The summed E-state index contributed by atoms with van der Waals surface area (Å²) in [6.07, 6.45) is 3.16. The molecule has 0 aromatic heterocycles. The van der Waals surface area contributed by atoms with E-state index in [2.05, 4.69) is 17.4 Å². The molecule has 0 radical (unpaired) electrons. The minimum absolute atomic E-state index is 0.366. The van der Waals surface area contributed by atoms with Gasteiger partial charge in [-0.05, 0) is 66.8 Å². The lowest BCUT2D eigenvalue weighted by Crippen LogP contribution is -2.21. The molecule has 0 fully saturated rings. The van der Waals surface area contributed by atoms with Crippen LogP contribution in [0.3, 0.4) is 0 Å². The molecule has 0 saturated carbocycles. The number of nitrogens with one attached hydrogen (secondary N) is 1. The summed E-state index contributed by atoms with van der Waals surface area (Å²) in [4.78, 5) is 0. The van der Waals surface area contributed by atoms with E-state index in [1.165, 1.54) is 16.7 Å². The maximum absolute atomic E-state index is 9.50. The van der Waals surface area contributed by atoms with E-state index in [0.29, 0.717) is 11.8 Å². The second-order valence-electron chi connectivity index (χ2n) is 5.30. The molecule has 1 aliphatic rings. The van der Waals surface area contributed by atoms with Gasteiger partial charge < -0.3 is 10.4 Å². The van der Waals surface area contributed by atoms with Gasteiger partial charge in [-0.2, -0.15) is 0 Å². The van der Waals surface area contributed by atoms with Crippen molar-refractivity contribution in [2.75, 3.05) is 6.54 Å². The first-order valence-electron chi connectivity index (χ1n) is 7.02. The summed E-state index contributed by atoms with van der Waals surface area (Å²) >= 11 is 5.88. The Hall–Kier alpha value is -1.51. The highest BCUT2D eigenvalue weighted by atomic mass is 35.5. The van der Waals surface area contributed by atoms with E-state index < -0.39 is 0 Å². The van der Waals surface area contributed by atoms with Crippen LogP contribution in [0.1, 0.15) is 29.2 Å². The number of hydrogen-bond acceptors (Lipinski definition) is 2. The van der Waals surface area contributed by atoms with Crippen LogP contribution >= 0.6 is 11.6 Å². The zero-order valence-corrected chi connectivity index (χ0v) is 12.0. The summed E-state index contributed by atoms with van der Waals surface area (Å²) in [7, 11) is 0. The van der Waals surface area contributed by atoms with Crippen LogP contribution in [-0.2, 0) is 12.8 Å². The van der Waals surface area contributed by atoms with Gasteiger partial charge in [0.25, 0.3) is 0 Å². The Kier molecular flexibility index (Phi) is 3.95. The Morgan fingerprint density at radius 1 is 1.15 bits per heavy atom. The fraction of sp³-hybridized carbons (Fsp3) is 0.294. The lowest BCUT2D eigenvalue weighted by molar-refractivity contribution is 0.474. The van der Waals surface area contributed by atoms with Gasteiger partial charge in [-0.1, -0.05) is 29.8 Å². The highest BCUT2D eigenvalue weighted by Crippen LogP contribution is 2.33. The minimum Gasteiger partial charge on any atom is -0.508 e. The van der Waals surface area contributed by atoms with Crippen molar-refractivity contribution >= 4 is 11.6 Å². The quantitative estimate of drug-likeness (QED) is 0.895. The Balaban J connectivity index is 1.57. The Morgan fingerprint density at radius 2 is 1.95 bits per heavy atom. The summed E-state index contributed by atoms with van der Waals surface area (Å²) < 4.78 is 0. The number of fused-ring (bicyclic) bond motifs is 1. The number of aromatic hydroxyl groups is 1. The van der Waals surface area contributed by atoms with E-state index in [9.17, 15) is 5.11 Å². The Bertz CT molecular complexity index is 594. The predicted molar refractivity (Wildman–Crippen MR) is 82.3 cm³/mol. The van der Waals surface area contributed by atoms with E-state index in [0.717, 1.165) is 30.8 Å². The molecule has 0 aliphatic heterocycles. The molecule has 0 bridgehead atoms. The summed E-state index contributed by atoms with van der Waals surface area (Å²) in [5.41, 5.74) is 3.90. The van der Waals surface area contributed by atoms with Crippen molar-refractivity contribution in [3.63, 3.8) is 0 Å². The minimum atomic E-state index is 0.366. The fourth-order valence-corrected chi connectivity index (χ4v) is 2.98. The fourth-order valence-electron chi connectivity index (χ4n) is 2.86. The maximum Gasteiger partial charge on any atom is 0.115 e. The van der Waals surface area contributed by atoms with Crippen LogP contribution in [0.25, 0.3) is 0 Å². The van der Waals surface area contributed by atoms with Gasteiger partial charge in [0.15, 0.2) is 0 Å². The molecule has 1 unspecified atom stereocenters. The van der Waals surface area contributed by atoms with Gasteiger partial charge >= 0.3 is 0 Å². The van der Waals surface area contributed by atoms with Crippen LogP contribution in [-0.4, -0.2) is 11.7 Å². The van der Waals surface area contributed by atoms with Gasteiger partial charge in [0, 0.05) is 11.1 Å². The highest BCUT2D eigenvalue weighted by Gasteiger charge is 2.21. The molecule has 104 valence electrons. The van der Waals surface area contributed by atoms with Crippen molar-refractivity contribution in [1.29, 1.82) is 0 Å². The first kappa shape index (κ1) is 13.5. The lowest BCUT2D eigenvalue weighted by atomic mass is 10.1. The van der Waals surface area contributed by atoms with E-state index in [1.54, 1.807) is 6.07 Å². The third-order valence-electron chi connectivity index (χ3n) is 3.92. The van der Waals surface area contributed by atoms with Gasteiger partial charge in [-0.15, -0.1) is 0 Å². The van der Waals surface area contributed by atoms with Crippen LogP contribution in [0.2, 0.25) is 5.02 Å². The molecule has 2 nitrogen and oxygen atoms in total. The van der Waals surface area contributed by atoms with Gasteiger partial charge in [0.1, 0.15) is 5.75 Å². The molecule has 2 N–H and O–H groups in total. The average molecular weight is 288 g/mol. The molecule has 0 saturated heterocycles. The Morgan fingerprint density at radius 3 is 2.75 bits per heavy atom. The number of halogens is 1. The number of phenolic OH excluding ortho intramolecular Hbond substituents is 1. The topological polar surface area (TPSA) is 32.3 Å². The third-order valence-corrected chi connectivity index (χ3v) is 4.17. The molecule has 1 aliphatic carbocycles. The number of rotatable bonds is 4. The molecule has 1 atom stereocenters. The van der Waals surface area contributed by atoms with Crippen molar-refractivity contribution < 1.29 is 5.11 Å². The van der Waals surface area contributed by atoms with Crippen LogP contribution in [0, 0.1) is 0 Å². The van der Waals surface area contributed by atoms with Gasteiger partial charge in [-0.3, -0.25) is 0 Å². The average Bonchev–Trinajstić information content (AvgIpc) is 2.83. The summed E-state index contributed by atoms with van der Waals surface area (Å²) in [5, 5.41) is 13.9. The van der Waals surface area contributed by atoms with E-state index in [1.807, 2.05) is 24.3 Å². The first-order chi connectivity index (χ1) is 9.72. The zero-order chi connectivity index (χ0) is 13.9. The second kappa shape index (κ2) is 5.86. The predicted octanol–water partition coefficient (Wildman–Crippen LogP) is 3.87. The van der Waals surface area contributed by atoms with Crippen LogP contribution in [0.15, 0.2) is 42.5 Å². The van der Waals surface area contributed by atoms with Crippen molar-refractivity contribution in [3.8, 4) is 5.75 Å². The number of hydrogen-bond donors (Lipinski definition) is 2. The normalized spacial score (nSPS) is 17.1. The summed E-state index contributed by atoms with van der Waals surface area (Å²) in [6, 6.07) is 14.1. The van der Waals surface area contributed by atoms with Crippen molar-refractivity contribution in [3.05, 3.63) is 64.2 Å². The van der Waals surface area contributed by atoms with Crippen LogP contribution in [0.4, 0.5) is 0 Å². The zero-order valence-electron chi connectivity index (χ0n) is 11.3. The highest BCUT2D eigenvalue weighted by molar-refractivity contribution is 6.30. The third kappa shape index (κ3) is 2.97. The van der Waals surface area contributed by atoms with Crippen molar-refractivity contribution in [2.45, 2.75) is 25.3 Å². The first-order valence-corrected chi connectivity index (χ1v) is 7.40. The second-order valence-corrected chi connectivity index (χ2v) is 5.74. The van der Waals surface area contributed by atoms with E-state index in [-0.39, 0.29) is 0 Å². The molecule has 3 rings (SSSR count). The Labute approximate surface area is 124 Å². The SMILES string of the molecule is Oc1ccc2c(c1)CCC2NCCc1ccc(Cl)cc1. The molecule has 2 aromatic rings. The van der Waals surface area contributed by atoms with E-state index >= 15 is 0 Å². The van der Waals surface area contributed by atoms with Crippen molar-refractivity contribution in [2.24, 2.45) is 0 Å². The lowest BCUT2D eigenvalue weighted by Gasteiger charge is -2.14. The molecular formula is C17H18ClNO. The summed E-state index contributed by atoms with van der Waals surface area (Å²) in [5.74, 6) is 0.366. The molecule has 0 amide bonds.